The van der Waals surface area contributed by atoms with Crippen molar-refractivity contribution in [2.75, 3.05) is 7.11 Å². The Balaban J connectivity index is 0.000000259. The average molecular weight is 1300 g/mol. The highest BCUT2D eigenvalue weighted by Crippen LogP contribution is 2.69. The Hall–Kier alpha value is -1.19. The van der Waals surface area contributed by atoms with Gasteiger partial charge in [0.25, 0.3) is 0 Å². The Labute approximate surface area is 567 Å². The first-order valence-corrected chi connectivity index (χ1v) is 47.4. The van der Waals surface area contributed by atoms with Gasteiger partial charge in [0.2, 0.25) is 0 Å². The molecule has 6 fully saturated rings. The van der Waals surface area contributed by atoms with Gasteiger partial charge in [0.1, 0.15) is 12.2 Å². The summed E-state index contributed by atoms with van der Waals surface area (Å²) in [5.41, 5.74) is 1.83. The molecule has 526 valence electrons. The normalized spacial score (nSPS) is 34.9. The molecule has 0 bridgehead atoms. The van der Waals surface area contributed by atoms with Crippen LogP contribution >= 0.6 is 0 Å². The second-order valence-corrected chi connectivity index (χ2v) is 47.3. The van der Waals surface area contributed by atoms with Crippen LogP contribution in [0, 0.1) is 105 Å². The molecule has 18 unspecified atom stereocenters. The fourth-order valence-corrected chi connectivity index (χ4v) is 24.9. The fraction of sp³-hybridized carbons (Fsp3) is 0.929. The van der Waals surface area contributed by atoms with E-state index in [1.807, 2.05) is 7.11 Å². The zero-order valence-corrected chi connectivity index (χ0v) is 65.3. The van der Waals surface area contributed by atoms with Crippen LogP contribution in [0.2, 0.25) is 44.8 Å². The topological polar surface area (TPSA) is 61.8 Å². The minimum absolute atomic E-state index is 0.0572. The monoisotopic (exact) mass is 1300 g/mol. The third kappa shape index (κ3) is 21.7. The van der Waals surface area contributed by atoms with E-state index in [1.54, 1.807) is 0 Å². The van der Waals surface area contributed by atoms with Crippen LogP contribution in [0.5, 0.6) is 0 Å². The first kappa shape index (κ1) is 77.2. The zero-order valence-electron chi connectivity index (χ0n) is 63.3. The number of allylic oxidation sites excluding steroid dienone is 4. The molecule has 0 radical (unpaired) electrons. The van der Waals surface area contributed by atoms with Crippen LogP contribution in [-0.4, -0.2) is 47.6 Å². The second kappa shape index (κ2) is 36.1. The number of fused-ring (bicyclic) bond motifs is 10. The van der Waals surface area contributed by atoms with Crippen LogP contribution in [0.1, 0.15) is 326 Å². The van der Waals surface area contributed by atoms with Crippen molar-refractivity contribution in [2.45, 2.75) is 383 Å². The van der Waals surface area contributed by atoms with Crippen molar-refractivity contribution in [2.24, 2.45) is 105 Å². The molecule has 0 amide bonds. The zero-order chi connectivity index (χ0) is 66.0. The Morgan fingerprint density at radius 1 is 0.407 bits per heavy atom. The average Bonchev–Trinajstić information content (AvgIpc) is 1.71. The Bertz CT molecular complexity index is 2190. The molecule has 0 aliphatic heterocycles. The molecule has 0 N–H and O–H groups in total. The van der Waals surface area contributed by atoms with Crippen LogP contribution in [-0.2, 0) is 23.5 Å². The minimum Gasteiger partial charge on any atom is -0.462 e. The summed E-state index contributed by atoms with van der Waals surface area (Å²) in [6.45, 7) is 37.4. The molecule has 0 saturated heterocycles. The van der Waals surface area contributed by atoms with Crippen LogP contribution in [0.15, 0.2) is 24.3 Å². The third-order valence-electron chi connectivity index (χ3n) is 28.2. The number of esters is 2. The highest BCUT2D eigenvalue weighted by molar-refractivity contribution is 6.76. The van der Waals surface area contributed by atoms with E-state index >= 15 is 0 Å². The summed E-state index contributed by atoms with van der Waals surface area (Å²) < 4.78 is 17.9. The Morgan fingerprint density at radius 3 is 1.11 bits per heavy atom. The van der Waals surface area contributed by atoms with E-state index in [4.69, 9.17) is 13.9 Å². The first-order valence-electron chi connectivity index (χ1n) is 40.5. The van der Waals surface area contributed by atoms with Crippen molar-refractivity contribution < 1.29 is 23.5 Å². The maximum Gasteiger partial charge on any atom is 0.306 e. The summed E-state index contributed by atoms with van der Waals surface area (Å²) in [6, 6.07) is 2.77. The van der Waals surface area contributed by atoms with Crippen molar-refractivity contribution in [3.05, 3.63) is 24.3 Å². The summed E-state index contributed by atoms with van der Waals surface area (Å²) in [5, 5.41) is 0. The second-order valence-electron chi connectivity index (χ2n) is 37.3. The Morgan fingerprint density at radius 2 is 0.747 bits per heavy atom. The van der Waals surface area contributed by atoms with Crippen LogP contribution in [0.25, 0.3) is 0 Å². The lowest BCUT2D eigenvalue weighted by Crippen LogP contribution is -2.52. The summed E-state index contributed by atoms with van der Waals surface area (Å²) in [5.74, 6) is 11.4. The molecule has 0 aromatic heterocycles. The van der Waals surface area contributed by atoms with Crippen LogP contribution in [0.4, 0.5) is 0 Å². The maximum absolute atomic E-state index is 12.8. The Kier molecular flexibility index (Phi) is 30.6. The van der Waals surface area contributed by atoms with Gasteiger partial charge < -0.3 is 13.9 Å². The highest BCUT2D eigenvalue weighted by Gasteiger charge is 2.61. The van der Waals surface area contributed by atoms with Gasteiger partial charge in [-0.05, 0) is 226 Å². The number of carbonyl (C=O) groups is 2. The summed E-state index contributed by atoms with van der Waals surface area (Å²) in [4.78, 5) is 25.6. The number of carbonyl (C=O) groups excluding carboxylic acids is 2. The van der Waals surface area contributed by atoms with E-state index in [0.717, 1.165) is 116 Å². The molecule has 8 aliphatic carbocycles. The smallest absolute Gasteiger partial charge is 0.306 e. The predicted molar refractivity (Wildman–Crippen MR) is 396 cm³/mol. The lowest BCUT2D eigenvalue weighted by Gasteiger charge is -2.59. The van der Waals surface area contributed by atoms with Gasteiger partial charge in [0, 0.05) is 28.0 Å². The lowest BCUT2D eigenvalue weighted by atomic mass is 9.46. The molecule has 18 atom stereocenters. The molecule has 5 nitrogen and oxygen atoms in total. The first-order chi connectivity index (χ1) is 43.2. The number of hydrogen-bond acceptors (Lipinski definition) is 5. The molecule has 7 heteroatoms. The third-order valence-corrected chi connectivity index (χ3v) is 32.8. The van der Waals surface area contributed by atoms with Gasteiger partial charge in [-0.2, -0.15) is 0 Å². The fourth-order valence-electron chi connectivity index (χ4n) is 22.2. The summed E-state index contributed by atoms with van der Waals surface area (Å²) >= 11 is 0. The molecule has 8 aliphatic rings. The standard InChI is InChI=1S/C42H76O3Si.C42H76O2Si/c1-32(2)19-18-20-33(3)37-24-25-38-36-23-22-34-31-35(26-28-41(34,4)39(36)27-29-42(37,38)5)45-40(43)21-16-14-12-10-9-11-13-15-17-30-46(7,8)44-6;1-32(2)19-18-20-33(3)37-24-25-38-36-23-22-34-31-35(26-28-41(34,4)39(36)27-29-42(37,38)5)44-40(43)21-16-14-12-10-9-11-13-15-17-30-45(6,7)8/h22-23,32-39H,9-21,24-31H2,1-8H3;22-23,32-39H,9-21,24-31H2,1-8H3. The van der Waals surface area contributed by atoms with E-state index in [1.165, 1.54) is 211 Å². The number of ether oxygens (including phenoxy) is 2. The van der Waals surface area contributed by atoms with E-state index in [-0.39, 0.29) is 24.1 Å². The van der Waals surface area contributed by atoms with Gasteiger partial charge in [0.05, 0.1) is 0 Å². The molecule has 0 spiro atoms. The van der Waals surface area contributed by atoms with Gasteiger partial charge in [-0.25, -0.2) is 0 Å². The number of unbranched alkanes of at least 4 members (excludes halogenated alkanes) is 16. The van der Waals surface area contributed by atoms with Crippen molar-refractivity contribution in [1.82, 2.24) is 0 Å². The molecule has 0 heterocycles. The SMILES string of the molecule is CC(C)CCCC(C)C1CCC2C3C=CC4CC(OC(=O)CCCCCCCCCCC[Si](C)(C)C)CCC4(C)C3CCC12C.CO[Si](C)(C)CCCCCCCCCCCC(=O)OC1CCC2(C)C(C=CC3C2CCC2(C)C(C(C)CCCC(C)C)CCC32)C1. The van der Waals surface area contributed by atoms with E-state index in [0.29, 0.717) is 46.3 Å². The van der Waals surface area contributed by atoms with Gasteiger partial charge in [-0.1, -0.05) is 260 Å². The van der Waals surface area contributed by atoms with Crippen molar-refractivity contribution in [3.8, 4) is 0 Å². The quantitative estimate of drug-likeness (QED) is 0.0268. The molecule has 6 saturated carbocycles. The van der Waals surface area contributed by atoms with Gasteiger partial charge in [0.15, 0.2) is 8.32 Å². The molecule has 91 heavy (non-hydrogen) atoms. The van der Waals surface area contributed by atoms with E-state index in [2.05, 4.69) is 126 Å². The van der Waals surface area contributed by atoms with Crippen molar-refractivity contribution in [3.63, 3.8) is 0 Å². The predicted octanol–water partition coefficient (Wildman–Crippen LogP) is 25.6. The number of rotatable bonds is 37. The maximum atomic E-state index is 12.8. The van der Waals surface area contributed by atoms with Crippen LogP contribution < -0.4 is 0 Å². The molecule has 0 aromatic rings. The molecule has 8 rings (SSSR count). The molecular weight excluding hydrogens is 1150 g/mol. The largest absolute Gasteiger partial charge is 0.462 e. The van der Waals surface area contributed by atoms with Gasteiger partial charge in [-0.15, -0.1) is 0 Å². The highest BCUT2D eigenvalue weighted by atomic mass is 28.4. The summed E-state index contributed by atoms with van der Waals surface area (Å²) in [7, 11) is -0.335. The van der Waals surface area contributed by atoms with Crippen molar-refractivity contribution >= 4 is 28.3 Å². The minimum atomic E-state index is -1.37. The van der Waals surface area contributed by atoms with E-state index in [9.17, 15) is 9.59 Å². The van der Waals surface area contributed by atoms with Gasteiger partial charge in [-0.3, -0.25) is 9.59 Å². The number of hydrogen-bond donors (Lipinski definition) is 0. The van der Waals surface area contributed by atoms with E-state index < -0.39 is 16.4 Å². The summed E-state index contributed by atoms with van der Waals surface area (Å²) in [6.07, 6.45) is 62.0. The van der Waals surface area contributed by atoms with Gasteiger partial charge >= 0.3 is 11.9 Å². The van der Waals surface area contributed by atoms with Crippen LogP contribution in [0.3, 0.4) is 0 Å². The van der Waals surface area contributed by atoms with Crippen molar-refractivity contribution in [1.29, 1.82) is 0 Å². The lowest BCUT2D eigenvalue weighted by molar-refractivity contribution is -0.156. The molecular formula is C84H152O5Si2. The molecule has 0 aromatic carbocycles.